The van der Waals surface area contributed by atoms with Crippen LogP contribution >= 0.6 is 11.6 Å². The Hall–Kier alpha value is -0.570. The summed E-state index contributed by atoms with van der Waals surface area (Å²) < 4.78 is 5.97. The van der Waals surface area contributed by atoms with E-state index in [0.29, 0.717) is 12.5 Å². The van der Waals surface area contributed by atoms with Gasteiger partial charge in [0.2, 0.25) is 0 Å². The summed E-state index contributed by atoms with van der Waals surface area (Å²) in [4.78, 5) is 0. The first-order valence-corrected chi connectivity index (χ1v) is 6.51. The molecule has 0 saturated heterocycles. The molecule has 0 fully saturated rings. The monoisotopic (exact) mass is 255 g/mol. The first-order chi connectivity index (χ1) is 8.02. The average molecular weight is 256 g/mol. The number of ether oxygens (including phenoxy) is 1. The molecular weight excluding hydrogens is 234 g/mol. The minimum atomic E-state index is -0.0407. The van der Waals surface area contributed by atoms with Gasteiger partial charge in [-0.3, -0.25) is 0 Å². The minimum Gasteiger partial charge on any atom is -0.369 e. The lowest BCUT2D eigenvalue weighted by Crippen LogP contribution is -2.22. The molecule has 0 spiro atoms. The van der Waals surface area contributed by atoms with E-state index in [0.717, 1.165) is 17.0 Å². The number of halogens is 1. The van der Waals surface area contributed by atoms with Gasteiger partial charge >= 0.3 is 0 Å². The average Bonchev–Trinajstić information content (AvgIpc) is 2.26. The van der Waals surface area contributed by atoms with Crippen LogP contribution in [0.25, 0.3) is 0 Å². The summed E-state index contributed by atoms with van der Waals surface area (Å²) in [5.74, 6) is 0.633. The van der Waals surface area contributed by atoms with Gasteiger partial charge in [-0.1, -0.05) is 37.6 Å². The van der Waals surface area contributed by atoms with E-state index in [9.17, 15) is 0 Å². The molecule has 1 rings (SSSR count). The van der Waals surface area contributed by atoms with Gasteiger partial charge in [-0.2, -0.15) is 0 Å². The Kier molecular flexibility index (Phi) is 5.96. The molecule has 0 aliphatic heterocycles. The van der Waals surface area contributed by atoms with Crippen LogP contribution in [0.1, 0.15) is 38.9 Å². The molecule has 3 heteroatoms. The van der Waals surface area contributed by atoms with Gasteiger partial charge in [0.05, 0.1) is 12.2 Å². The summed E-state index contributed by atoms with van der Waals surface area (Å²) in [5.41, 5.74) is 6.85. The molecule has 2 unspecified atom stereocenters. The number of nitrogens with two attached hydrogens (primary N) is 1. The van der Waals surface area contributed by atoms with Gasteiger partial charge in [0.25, 0.3) is 0 Å². The summed E-state index contributed by atoms with van der Waals surface area (Å²) in [7, 11) is 0. The fourth-order valence-corrected chi connectivity index (χ4v) is 2.07. The second-order valence-corrected chi connectivity index (χ2v) is 5.29. The van der Waals surface area contributed by atoms with Gasteiger partial charge in [0.15, 0.2) is 0 Å². The molecule has 1 aromatic carbocycles. The molecule has 0 bridgehead atoms. The zero-order chi connectivity index (χ0) is 12.8. The first kappa shape index (κ1) is 14.5. The Morgan fingerprint density at radius 2 is 1.76 bits per heavy atom. The van der Waals surface area contributed by atoms with Crippen molar-refractivity contribution in [3.05, 3.63) is 34.9 Å². The van der Waals surface area contributed by atoms with E-state index in [4.69, 9.17) is 22.1 Å². The van der Waals surface area contributed by atoms with Gasteiger partial charge in [-0.25, -0.2) is 0 Å². The van der Waals surface area contributed by atoms with Crippen LogP contribution in [0.15, 0.2) is 24.3 Å². The molecule has 0 radical (unpaired) electrons. The molecule has 0 aliphatic carbocycles. The third kappa shape index (κ3) is 5.07. The largest absolute Gasteiger partial charge is 0.369 e. The van der Waals surface area contributed by atoms with Crippen molar-refractivity contribution in [1.29, 1.82) is 0 Å². The second kappa shape index (κ2) is 7.00. The third-order valence-corrected chi connectivity index (χ3v) is 2.91. The van der Waals surface area contributed by atoms with Gasteiger partial charge in [0, 0.05) is 11.6 Å². The molecular formula is C14H22ClNO. The van der Waals surface area contributed by atoms with E-state index >= 15 is 0 Å². The van der Waals surface area contributed by atoms with Crippen LogP contribution in [0.5, 0.6) is 0 Å². The summed E-state index contributed by atoms with van der Waals surface area (Å²) in [6.07, 6.45) is 1.23. The Labute approximate surface area is 109 Å². The fourth-order valence-electron chi connectivity index (χ4n) is 1.95. The summed E-state index contributed by atoms with van der Waals surface area (Å²) >= 11 is 5.86. The quantitative estimate of drug-likeness (QED) is 0.839. The van der Waals surface area contributed by atoms with E-state index < -0.39 is 0 Å². The second-order valence-electron chi connectivity index (χ2n) is 4.85. The molecule has 0 saturated carbocycles. The summed E-state index contributed by atoms with van der Waals surface area (Å²) in [5, 5.41) is 0.736. The van der Waals surface area contributed by atoms with Crippen LogP contribution in [-0.2, 0) is 4.74 Å². The summed E-state index contributed by atoms with van der Waals surface area (Å²) in [6, 6.07) is 7.69. The molecule has 1 aromatic rings. The molecule has 96 valence electrons. The van der Waals surface area contributed by atoms with Gasteiger partial charge in [-0.15, -0.1) is 0 Å². The van der Waals surface area contributed by atoms with Crippen LogP contribution in [0.4, 0.5) is 0 Å². The predicted molar refractivity (Wildman–Crippen MR) is 73.2 cm³/mol. The van der Waals surface area contributed by atoms with Crippen molar-refractivity contribution in [1.82, 2.24) is 0 Å². The molecule has 2 atom stereocenters. The van der Waals surface area contributed by atoms with Crippen LogP contribution < -0.4 is 5.73 Å². The van der Waals surface area contributed by atoms with Crippen molar-refractivity contribution >= 4 is 11.6 Å². The maximum atomic E-state index is 5.97. The Morgan fingerprint density at radius 3 is 2.24 bits per heavy atom. The lowest BCUT2D eigenvalue weighted by molar-refractivity contribution is -0.00840. The number of benzene rings is 1. The molecule has 0 heterocycles. The fraction of sp³-hybridized carbons (Fsp3) is 0.571. The highest BCUT2D eigenvalue weighted by Crippen LogP contribution is 2.22. The van der Waals surface area contributed by atoms with Gasteiger partial charge < -0.3 is 10.5 Å². The van der Waals surface area contributed by atoms with Gasteiger partial charge in [-0.05, 0) is 37.0 Å². The normalized spacial score (nSPS) is 14.9. The van der Waals surface area contributed by atoms with Crippen molar-refractivity contribution in [2.45, 2.75) is 39.4 Å². The Morgan fingerprint density at radius 1 is 1.18 bits per heavy atom. The lowest BCUT2D eigenvalue weighted by Gasteiger charge is -2.23. The minimum absolute atomic E-state index is 0.0407. The molecule has 17 heavy (non-hydrogen) atoms. The van der Waals surface area contributed by atoms with Crippen molar-refractivity contribution in [2.75, 3.05) is 6.54 Å². The smallest absolute Gasteiger partial charge is 0.0950 e. The third-order valence-electron chi connectivity index (χ3n) is 2.66. The highest BCUT2D eigenvalue weighted by atomic mass is 35.5. The molecule has 2 N–H and O–H groups in total. The molecule has 2 nitrogen and oxygen atoms in total. The molecule has 0 aromatic heterocycles. The number of hydrogen-bond acceptors (Lipinski definition) is 2. The zero-order valence-corrected chi connectivity index (χ0v) is 11.6. The van der Waals surface area contributed by atoms with E-state index in [-0.39, 0.29) is 12.2 Å². The number of rotatable bonds is 6. The van der Waals surface area contributed by atoms with Gasteiger partial charge in [0.1, 0.15) is 0 Å². The highest BCUT2D eigenvalue weighted by molar-refractivity contribution is 6.30. The van der Waals surface area contributed by atoms with Crippen LogP contribution in [0, 0.1) is 5.92 Å². The maximum absolute atomic E-state index is 5.97. The number of hydrogen-bond donors (Lipinski definition) is 1. The van der Waals surface area contributed by atoms with Crippen molar-refractivity contribution in [2.24, 2.45) is 11.7 Å². The predicted octanol–water partition coefficient (Wildman–Crippen LogP) is 3.79. The van der Waals surface area contributed by atoms with Crippen LogP contribution in [0.2, 0.25) is 5.02 Å². The Bertz CT molecular complexity index is 323. The summed E-state index contributed by atoms with van der Waals surface area (Å²) in [6.45, 7) is 6.97. The van der Waals surface area contributed by atoms with Crippen molar-refractivity contribution < 1.29 is 4.74 Å². The maximum Gasteiger partial charge on any atom is 0.0950 e. The topological polar surface area (TPSA) is 35.2 Å². The SMILES string of the molecule is CC(C)CC(C)OC(CN)c1ccc(Cl)cc1. The van der Waals surface area contributed by atoms with E-state index in [1.165, 1.54) is 0 Å². The zero-order valence-electron chi connectivity index (χ0n) is 10.8. The highest BCUT2D eigenvalue weighted by Gasteiger charge is 2.14. The lowest BCUT2D eigenvalue weighted by atomic mass is 10.1. The Balaban J connectivity index is 2.62. The van der Waals surface area contributed by atoms with Crippen LogP contribution in [0.3, 0.4) is 0 Å². The van der Waals surface area contributed by atoms with Crippen molar-refractivity contribution in [3.8, 4) is 0 Å². The van der Waals surface area contributed by atoms with E-state index in [2.05, 4.69) is 20.8 Å². The van der Waals surface area contributed by atoms with Crippen molar-refractivity contribution in [3.63, 3.8) is 0 Å². The molecule has 0 aliphatic rings. The first-order valence-electron chi connectivity index (χ1n) is 6.14. The van der Waals surface area contributed by atoms with E-state index in [1.807, 2.05) is 24.3 Å². The standard InChI is InChI=1S/C14H22ClNO/c1-10(2)8-11(3)17-14(9-16)12-4-6-13(15)7-5-12/h4-7,10-11,14H,8-9,16H2,1-3H3. The molecule has 0 amide bonds. The van der Waals surface area contributed by atoms with E-state index in [1.54, 1.807) is 0 Å². The van der Waals surface area contributed by atoms with Crippen LogP contribution in [-0.4, -0.2) is 12.6 Å².